The molecule has 2 fully saturated rings. The van der Waals surface area contributed by atoms with E-state index >= 15 is 0 Å². The van der Waals surface area contributed by atoms with Crippen molar-refractivity contribution in [1.82, 2.24) is 14.9 Å². The van der Waals surface area contributed by atoms with E-state index in [4.69, 9.17) is 4.18 Å². The predicted molar refractivity (Wildman–Crippen MR) is 133 cm³/mol. The van der Waals surface area contributed by atoms with Gasteiger partial charge in [0.15, 0.2) is 5.75 Å². The van der Waals surface area contributed by atoms with Crippen molar-refractivity contribution < 1.29 is 12.6 Å². The largest absolute Gasteiger partial charge is 0.377 e. The molecule has 2 aliphatic heterocycles. The van der Waals surface area contributed by atoms with E-state index in [0.29, 0.717) is 12.0 Å². The van der Waals surface area contributed by atoms with Crippen LogP contribution in [0, 0.1) is 12.8 Å². The molecule has 8 heteroatoms. The summed E-state index contributed by atoms with van der Waals surface area (Å²) < 4.78 is 31.6. The summed E-state index contributed by atoms with van der Waals surface area (Å²) in [6, 6.07) is 15.2. The number of nitrogens with one attached hydrogen (secondary N) is 1. The fourth-order valence-corrected chi connectivity index (χ4v) is 6.14. The van der Waals surface area contributed by atoms with E-state index in [9.17, 15) is 8.42 Å². The lowest BCUT2D eigenvalue weighted by Crippen LogP contribution is -2.55. The first-order valence-corrected chi connectivity index (χ1v) is 12.8. The van der Waals surface area contributed by atoms with Gasteiger partial charge in [-0.05, 0) is 43.8 Å². The number of hydrogen-bond donors (Lipinski definition) is 1. The maximum Gasteiger partial charge on any atom is 0.339 e. The number of likely N-dealkylation sites (tertiary alicyclic amines) is 1. The highest BCUT2D eigenvalue weighted by Gasteiger charge is 2.44. The molecule has 2 aromatic heterocycles. The van der Waals surface area contributed by atoms with Gasteiger partial charge in [-0.3, -0.25) is 4.98 Å². The topological polar surface area (TPSA) is 78.5 Å². The van der Waals surface area contributed by atoms with Gasteiger partial charge in [-0.25, -0.2) is 0 Å². The quantitative estimate of drug-likeness (QED) is 0.440. The molecule has 0 amide bonds. The Morgan fingerprint density at radius 1 is 1.06 bits per heavy atom. The molecule has 0 bridgehead atoms. The predicted octanol–water partition coefficient (Wildman–Crippen LogP) is 4.06. The average Bonchev–Trinajstić information content (AvgIpc) is 3.35. The molecular formula is C26H26N4O3S. The van der Waals surface area contributed by atoms with E-state index in [1.54, 1.807) is 30.5 Å². The molecular weight excluding hydrogens is 448 g/mol. The van der Waals surface area contributed by atoms with Crippen molar-refractivity contribution in [2.75, 3.05) is 31.6 Å². The zero-order valence-corrected chi connectivity index (χ0v) is 19.9. The summed E-state index contributed by atoms with van der Waals surface area (Å²) in [6.07, 6.45) is 5.34. The second-order valence-corrected chi connectivity index (χ2v) is 10.9. The Hall–Kier alpha value is -3.36. The molecule has 7 nitrogen and oxygen atoms in total. The van der Waals surface area contributed by atoms with Crippen LogP contribution in [0.1, 0.15) is 5.56 Å². The SMILES string of the molecule is Cc1ccc(S(=O)(=O)Oc2c[nH]c3cccc(-c4cncc(N5C[C@@H]6CN(C)C[C@H]65)c4)c23)cc1. The highest BCUT2D eigenvalue weighted by Crippen LogP contribution is 2.40. The Balaban J connectivity index is 1.37. The number of anilines is 1. The van der Waals surface area contributed by atoms with Gasteiger partial charge in [0.2, 0.25) is 0 Å². The van der Waals surface area contributed by atoms with Gasteiger partial charge in [0.1, 0.15) is 4.90 Å². The minimum absolute atomic E-state index is 0.127. The second kappa shape index (κ2) is 7.85. The summed E-state index contributed by atoms with van der Waals surface area (Å²) >= 11 is 0. The maximum absolute atomic E-state index is 13.0. The molecule has 4 heterocycles. The lowest BCUT2D eigenvalue weighted by atomic mass is 9.91. The number of pyridine rings is 1. The standard InChI is InChI=1S/C26H26N4O3S/c1-17-6-8-21(9-7-17)34(31,32)33-25-13-28-23-5-3-4-22(26(23)25)18-10-20(12-27-11-18)30-15-19-14-29(2)16-24(19)30/h3-13,19,24,28H,14-16H2,1-2H3/t19-,24+/m0/s1. The molecule has 0 spiro atoms. The monoisotopic (exact) mass is 474 g/mol. The summed E-state index contributed by atoms with van der Waals surface area (Å²) in [7, 11) is -1.80. The number of likely N-dealkylation sites (N-methyl/N-ethyl adjacent to an activating group) is 1. The van der Waals surface area contributed by atoms with E-state index in [1.807, 2.05) is 37.5 Å². The molecule has 1 N–H and O–H groups in total. The number of H-pyrrole nitrogens is 1. The molecule has 2 atom stereocenters. The Morgan fingerprint density at radius 2 is 1.88 bits per heavy atom. The van der Waals surface area contributed by atoms with Gasteiger partial charge < -0.3 is 19.0 Å². The Labute approximate surface area is 199 Å². The lowest BCUT2D eigenvalue weighted by Gasteiger charge is -2.45. The highest BCUT2D eigenvalue weighted by molar-refractivity contribution is 7.87. The lowest BCUT2D eigenvalue weighted by molar-refractivity contribution is 0.361. The van der Waals surface area contributed by atoms with Crippen LogP contribution in [0.2, 0.25) is 0 Å². The van der Waals surface area contributed by atoms with Gasteiger partial charge in [0.25, 0.3) is 0 Å². The number of benzene rings is 2. The Kier molecular flexibility index (Phi) is 4.89. The smallest absolute Gasteiger partial charge is 0.339 e. The minimum atomic E-state index is -3.97. The fraction of sp³-hybridized carbons (Fsp3) is 0.269. The number of nitrogens with zero attached hydrogens (tertiary/aromatic N) is 3. The van der Waals surface area contributed by atoms with Crippen LogP contribution >= 0.6 is 0 Å². The number of aryl methyl sites for hydroxylation is 1. The number of rotatable bonds is 5. The maximum atomic E-state index is 13.0. The van der Waals surface area contributed by atoms with Gasteiger partial charge in [0, 0.05) is 55.1 Å². The first-order valence-electron chi connectivity index (χ1n) is 11.4. The first-order chi connectivity index (χ1) is 16.4. The summed E-state index contributed by atoms with van der Waals surface area (Å²) in [5.41, 5.74) is 4.69. The van der Waals surface area contributed by atoms with Crippen molar-refractivity contribution in [3.63, 3.8) is 0 Å². The summed E-state index contributed by atoms with van der Waals surface area (Å²) in [5.74, 6) is 0.992. The minimum Gasteiger partial charge on any atom is -0.377 e. The highest BCUT2D eigenvalue weighted by atomic mass is 32.2. The average molecular weight is 475 g/mol. The molecule has 0 saturated carbocycles. The van der Waals surface area contributed by atoms with Crippen LogP contribution in [-0.2, 0) is 10.1 Å². The summed E-state index contributed by atoms with van der Waals surface area (Å²) in [4.78, 5) is 12.6. The van der Waals surface area contributed by atoms with Crippen molar-refractivity contribution in [1.29, 1.82) is 0 Å². The van der Waals surface area contributed by atoms with Crippen molar-refractivity contribution >= 4 is 26.7 Å². The molecule has 2 aliphatic rings. The van der Waals surface area contributed by atoms with Crippen LogP contribution < -0.4 is 9.08 Å². The van der Waals surface area contributed by atoms with Crippen LogP contribution in [0.5, 0.6) is 5.75 Å². The number of hydrogen-bond acceptors (Lipinski definition) is 6. The molecule has 174 valence electrons. The van der Waals surface area contributed by atoms with Crippen molar-refractivity contribution in [3.8, 4) is 16.9 Å². The van der Waals surface area contributed by atoms with Gasteiger partial charge in [0.05, 0.1) is 17.3 Å². The normalized spacial score (nSPS) is 20.4. The molecule has 2 saturated heterocycles. The van der Waals surface area contributed by atoms with E-state index in [0.717, 1.165) is 52.9 Å². The van der Waals surface area contributed by atoms with Gasteiger partial charge in [-0.1, -0.05) is 29.8 Å². The Morgan fingerprint density at radius 3 is 2.68 bits per heavy atom. The van der Waals surface area contributed by atoms with Crippen molar-refractivity contribution in [2.45, 2.75) is 17.9 Å². The molecule has 6 rings (SSSR count). The summed E-state index contributed by atoms with van der Waals surface area (Å²) in [5, 5.41) is 0.722. The molecule has 0 unspecified atom stereocenters. The van der Waals surface area contributed by atoms with Crippen LogP contribution in [0.4, 0.5) is 5.69 Å². The second-order valence-electron chi connectivity index (χ2n) is 9.36. The molecule has 0 radical (unpaired) electrons. The summed E-state index contributed by atoms with van der Waals surface area (Å²) in [6.45, 7) is 5.17. The van der Waals surface area contributed by atoms with E-state index in [2.05, 4.69) is 32.9 Å². The first kappa shape index (κ1) is 21.2. The van der Waals surface area contributed by atoms with E-state index in [1.165, 1.54) is 0 Å². The van der Waals surface area contributed by atoms with Gasteiger partial charge in [-0.15, -0.1) is 0 Å². The van der Waals surface area contributed by atoms with Gasteiger partial charge in [-0.2, -0.15) is 8.42 Å². The van der Waals surface area contributed by atoms with Crippen molar-refractivity contribution in [3.05, 3.63) is 72.7 Å². The fourth-order valence-electron chi connectivity index (χ4n) is 5.21. The molecule has 0 aliphatic carbocycles. The molecule has 34 heavy (non-hydrogen) atoms. The third kappa shape index (κ3) is 3.54. The zero-order valence-electron chi connectivity index (χ0n) is 19.1. The third-order valence-corrected chi connectivity index (χ3v) is 8.21. The number of aromatic nitrogens is 2. The zero-order chi connectivity index (χ0) is 23.4. The van der Waals surface area contributed by atoms with Crippen LogP contribution in [0.3, 0.4) is 0 Å². The molecule has 4 aromatic rings. The van der Waals surface area contributed by atoms with Crippen LogP contribution in [0.15, 0.2) is 72.0 Å². The van der Waals surface area contributed by atoms with E-state index < -0.39 is 10.1 Å². The van der Waals surface area contributed by atoms with Crippen LogP contribution in [0.25, 0.3) is 22.0 Å². The Bertz CT molecular complexity index is 1480. The number of aromatic amines is 1. The van der Waals surface area contributed by atoms with E-state index in [-0.39, 0.29) is 10.6 Å². The number of fused-ring (bicyclic) bond motifs is 2. The van der Waals surface area contributed by atoms with Gasteiger partial charge >= 0.3 is 10.1 Å². The van der Waals surface area contributed by atoms with Crippen molar-refractivity contribution in [2.24, 2.45) is 5.92 Å². The molecule has 2 aromatic carbocycles. The van der Waals surface area contributed by atoms with Crippen LogP contribution in [-0.4, -0.2) is 56.0 Å². The third-order valence-electron chi connectivity index (χ3n) is 6.97.